The van der Waals surface area contributed by atoms with Gasteiger partial charge in [0, 0.05) is 5.56 Å². The Kier molecular flexibility index (Phi) is 4.08. The minimum absolute atomic E-state index is 0.161. The third kappa shape index (κ3) is 2.80. The zero-order chi connectivity index (χ0) is 16.4. The first kappa shape index (κ1) is 15.2. The van der Waals surface area contributed by atoms with Gasteiger partial charge in [0.2, 0.25) is 0 Å². The Morgan fingerprint density at radius 3 is 2.78 bits per heavy atom. The maximum atomic E-state index is 9.65. The minimum Gasteiger partial charge on any atom is -0.508 e. The number of aromatic nitrogens is 4. The maximum absolute atomic E-state index is 9.65. The van der Waals surface area contributed by atoms with Gasteiger partial charge in [-0.05, 0) is 40.2 Å². The predicted octanol–water partition coefficient (Wildman–Crippen LogP) is 4.17. The highest BCUT2D eigenvalue weighted by Crippen LogP contribution is 2.27. The largest absolute Gasteiger partial charge is 0.508 e. The second-order valence-electron chi connectivity index (χ2n) is 4.71. The highest BCUT2D eigenvalue weighted by atomic mass is 79.9. The molecule has 1 N–H and O–H groups in total. The molecule has 0 fully saturated rings. The average Bonchev–Trinajstić information content (AvgIpc) is 2.97. The van der Waals surface area contributed by atoms with Crippen molar-refractivity contribution >= 4 is 32.7 Å². The molecule has 6 heteroatoms. The predicted molar refractivity (Wildman–Crippen MR) is 94.8 cm³/mol. The van der Waals surface area contributed by atoms with Gasteiger partial charge < -0.3 is 5.11 Å². The molecule has 2 aromatic heterocycles. The number of phenols is 1. The average molecular weight is 369 g/mol. The topological polar surface area (TPSA) is 63.8 Å². The number of aromatic hydroxyl groups is 1. The van der Waals surface area contributed by atoms with Crippen LogP contribution in [-0.2, 0) is 0 Å². The van der Waals surface area contributed by atoms with Gasteiger partial charge in [-0.3, -0.25) is 0 Å². The summed E-state index contributed by atoms with van der Waals surface area (Å²) in [6.07, 6.45) is 6.82. The van der Waals surface area contributed by atoms with Crippen molar-refractivity contribution in [2.75, 3.05) is 0 Å². The van der Waals surface area contributed by atoms with Crippen LogP contribution >= 0.6 is 15.9 Å². The monoisotopic (exact) mass is 368 g/mol. The van der Waals surface area contributed by atoms with Gasteiger partial charge in [-0.25, -0.2) is 14.6 Å². The van der Waals surface area contributed by atoms with Crippen LogP contribution < -0.4 is 0 Å². The zero-order valence-electron chi connectivity index (χ0n) is 12.1. The number of fused-ring (bicyclic) bond motifs is 1. The number of hydrogen-bond donors (Lipinski definition) is 1. The van der Waals surface area contributed by atoms with Gasteiger partial charge in [0.05, 0.1) is 17.3 Å². The summed E-state index contributed by atoms with van der Waals surface area (Å²) >= 11 is 3.45. The van der Waals surface area contributed by atoms with E-state index in [4.69, 9.17) is 0 Å². The van der Waals surface area contributed by atoms with Crippen LogP contribution in [0.5, 0.6) is 5.75 Å². The molecule has 0 aliphatic carbocycles. The Balaban J connectivity index is 2.26. The first-order valence-electron chi connectivity index (χ1n) is 6.80. The van der Waals surface area contributed by atoms with Crippen molar-refractivity contribution in [2.24, 2.45) is 0 Å². The maximum Gasteiger partial charge on any atom is 0.168 e. The van der Waals surface area contributed by atoms with Crippen LogP contribution in [0.1, 0.15) is 0 Å². The molecule has 3 aromatic rings. The molecule has 0 saturated carbocycles. The molecule has 23 heavy (non-hydrogen) atoms. The summed E-state index contributed by atoms with van der Waals surface area (Å²) in [7, 11) is 0. The summed E-state index contributed by atoms with van der Waals surface area (Å²) < 4.78 is 2.30. The molecular formula is C17H13BrN4O. The third-order valence-corrected chi connectivity index (χ3v) is 3.83. The van der Waals surface area contributed by atoms with Crippen molar-refractivity contribution in [3.05, 3.63) is 66.5 Å². The van der Waals surface area contributed by atoms with E-state index in [1.165, 1.54) is 0 Å². The fourth-order valence-corrected chi connectivity index (χ4v) is 2.63. The van der Waals surface area contributed by atoms with Gasteiger partial charge in [-0.2, -0.15) is 5.10 Å². The molecule has 0 aliphatic rings. The van der Waals surface area contributed by atoms with Crippen molar-refractivity contribution in [2.45, 2.75) is 0 Å². The zero-order valence-corrected chi connectivity index (χ0v) is 13.7. The van der Waals surface area contributed by atoms with Gasteiger partial charge in [0.25, 0.3) is 0 Å². The van der Waals surface area contributed by atoms with Crippen LogP contribution in [0.15, 0.2) is 66.5 Å². The molecule has 0 atom stereocenters. The lowest BCUT2D eigenvalue weighted by Crippen LogP contribution is -2.00. The summed E-state index contributed by atoms with van der Waals surface area (Å²) in [5, 5.41) is 14.8. The number of allylic oxidation sites excluding steroid dienone is 4. The van der Waals surface area contributed by atoms with E-state index in [2.05, 4.69) is 44.2 Å². The van der Waals surface area contributed by atoms with Crippen molar-refractivity contribution in [1.29, 1.82) is 0 Å². The molecule has 0 spiro atoms. The molecular weight excluding hydrogens is 356 g/mol. The van der Waals surface area contributed by atoms with Crippen molar-refractivity contribution in [1.82, 2.24) is 19.7 Å². The number of phenolic OH excluding ortho intramolecular Hbond substituents is 1. The van der Waals surface area contributed by atoms with Gasteiger partial charge in [0.1, 0.15) is 10.4 Å². The van der Waals surface area contributed by atoms with Crippen LogP contribution in [-0.4, -0.2) is 24.9 Å². The molecule has 5 nitrogen and oxygen atoms in total. The van der Waals surface area contributed by atoms with Crippen LogP contribution in [0.3, 0.4) is 0 Å². The highest BCUT2D eigenvalue weighted by Gasteiger charge is 2.14. The van der Waals surface area contributed by atoms with E-state index in [0.717, 1.165) is 11.1 Å². The lowest BCUT2D eigenvalue weighted by Gasteiger charge is -2.06. The lowest BCUT2D eigenvalue weighted by atomic mass is 10.2. The third-order valence-electron chi connectivity index (χ3n) is 3.23. The second-order valence-corrected chi connectivity index (χ2v) is 5.46. The van der Waals surface area contributed by atoms with E-state index in [9.17, 15) is 5.11 Å². The minimum atomic E-state index is 0.161. The number of nitrogens with zero attached hydrogens (tertiary/aromatic N) is 4. The van der Waals surface area contributed by atoms with E-state index < -0.39 is 0 Å². The number of benzene rings is 1. The Hall–Kier alpha value is -2.73. The Labute approximate surface area is 141 Å². The number of hydrogen-bond acceptors (Lipinski definition) is 4. The molecule has 3 rings (SSSR count). The van der Waals surface area contributed by atoms with E-state index in [1.807, 2.05) is 6.07 Å². The van der Waals surface area contributed by atoms with Crippen molar-refractivity contribution in [3.8, 4) is 17.1 Å². The summed E-state index contributed by atoms with van der Waals surface area (Å²) in [6, 6.07) is 6.80. The van der Waals surface area contributed by atoms with Gasteiger partial charge >= 0.3 is 0 Å². The van der Waals surface area contributed by atoms with Gasteiger partial charge in [-0.1, -0.05) is 31.4 Å². The van der Waals surface area contributed by atoms with E-state index in [1.54, 1.807) is 47.3 Å². The molecule has 114 valence electrons. The number of rotatable bonds is 4. The van der Waals surface area contributed by atoms with Gasteiger partial charge in [0.15, 0.2) is 11.5 Å². The second kappa shape index (κ2) is 6.18. The fraction of sp³-hybridized carbons (Fsp3) is 0. The first-order chi connectivity index (χ1) is 11.1. The fourth-order valence-electron chi connectivity index (χ4n) is 2.18. The Bertz CT molecular complexity index is 943. The molecule has 0 amide bonds. The normalized spacial score (nSPS) is 11.6. The quantitative estimate of drug-likeness (QED) is 0.554. The summed E-state index contributed by atoms with van der Waals surface area (Å²) in [6.45, 7) is 7.49. The highest BCUT2D eigenvalue weighted by molar-refractivity contribution is 9.10. The molecule has 0 radical (unpaired) electrons. The van der Waals surface area contributed by atoms with Crippen molar-refractivity contribution < 1.29 is 5.11 Å². The molecule has 0 saturated heterocycles. The Morgan fingerprint density at radius 2 is 2.09 bits per heavy atom. The Morgan fingerprint density at radius 1 is 1.26 bits per heavy atom. The summed E-state index contributed by atoms with van der Waals surface area (Å²) in [5.74, 6) is 0.651. The van der Waals surface area contributed by atoms with Crippen LogP contribution in [0.2, 0.25) is 0 Å². The van der Waals surface area contributed by atoms with Crippen LogP contribution in [0.25, 0.3) is 28.1 Å². The van der Waals surface area contributed by atoms with E-state index in [-0.39, 0.29) is 5.75 Å². The first-order valence-corrected chi connectivity index (χ1v) is 7.59. The SMILES string of the molecule is C=C/C=C(\C=C)n1ncc2c(Br)nc(-c3cccc(O)c3)nc21. The van der Waals surface area contributed by atoms with E-state index in [0.29, 0.717) is 21.6 Å². The van der Waals surface area contributed by atoms with E-state index >= 15 is 0 Å². The van der Waals surface area contributed by atoms with Crippen LogP contribution in [0.4, 0.5) is 0 Å². The lowest BCUT2D eigenvalue weighted by molar-refractivity contribution is 0.475. The van der Waals surface area contributed by atoms with Gasteiger partial charge in [-0.15, -0.1) is 0 Å². The molecule has 0 aliphatic heterocycles. The molecule has 0 bridgehead atoms. The standard InChI is InChI=1S/C17H13BrN4O/c1-3-6-12(4-2)22-17-14(10-19-22)15(18)20-16(21-17)11-7-5-8-13(23)9-11/h3-10,23H,1-2H2/b12-6+. The molecule has 0 unspecified atom stereocenters. The van der Waals surface area contributed by atoms with Crippen molar-refractivity contribution in [3.63, 3.8) is 0 Å². The molecule has 2 heterocycles. The summed E-state index contributed by atoms with van der Waals surface area (Å²) in [5.41, 5.74) is 2.11. The number of halogens is 1. The summed E-state index contributed by atoms with van der Waals surface area (Å²) in [4.78, 5) is 9.02. The van der Waals surface area contributed by atoms with Crippen LogP contribution in [0, 0.1) is 0 Å². The smallest absolute Gasteiger partial charge is 0.168 e. The molecule has 1 aromatic carbocycles.